The van der Waals surface area contributed by atoms with E-state index in [0.29, 0.717) is 17.1 Å². The molecule has 0 saturated carbocycles. The Morgan fingerprint density at radius 3 is 2.88 bits per heavy atom. The number of benzene rings is 2. The van der Waals surface area contributed by atoms with Gasteiger partial charge in [0.05, 0.1) is 23.7 Å². The fourth-order valence-corrected chi connectivity index (χ4v) is 3.68. The van der Waals surface area contributed by atoms with E-state index in [1.165, 1.54) is 23.5 Å². The third-order valence-corrected chi connectivity index (χ3v) is 4.71. The summed E-state index contributed by atoms with van der Waals surface area (Å²) in [5.74, 6) is 0.181. The molecule has 0 bridgehead atoms. The van der Waals surface area contributed by atoms with E-state index < -0.39 is 0 Å². The van der Waals surface area contributed by atoms with E-state index in [9.17, 15) is 9.18 Å². The average molecular weight is 344 g/mol. The molecule has 0 atom stereocenters. The number of nitrogens with zero attached hydrogens (tertiary/aromatic N) is 2. The minimum Gasteiger partial charge on any atom is -0.497 e. The second-order valence-corrected chi connectivity index (χ2v) is 6.28. The fraction of sp³-hybridized carbons (Fsp3) is 0.222. The molecule has 3 aromatic rings. The first-order chi connectivity index (χ1) is 11.6. The Balaban J connectivity index is 1.95. The van der Waals surface area contributed by atoms with Crippen LogP contribution in [0, 0.1) is 5.82 Å². The minimum absolute atomic E-state index is 0.198. The van der Waals surface area contributed by atoms with Crippen LogP contribution in [0.3, 0.4) is 0 Å². The molecule has 0 aliphatic rings. The molecule has 1 amide bonds. The lowest BCUT2D eigenvalue weighted by Gasteiger charge is -2.02. The van der Waals surface area contributed by atoms with Crippen molar-refractivity contribution in [3.05, 3.63) is 58.6 Å². The van der Waals surface area contributed by atoms with Gasteiger partial charge in [-0.1, -0.05) is 23.5 Å². The van der Waals surface area contributed by atoms with Gasteiger partial charge >= 0.3 is 0 Å². The van der Waals surface area contributed by atoms with Crippen LogP contribution in [0.5, 0.6) is 5.75 Å². The van der Waals surface area contributed by atoms with Crippen LogP contribution in [0.4, 0.5) is 4.39 Å². The molecule has 0 saturated heterocycles. The van der Waals surface area contributed by atoms with Gasteiger partial charge in [-0.25, -0.2) is 4.39 Å². The van der Waals surface area contributed by atoms with E-state index in [0.717, 1.165) is 15.8 Å². The molecule has 6 heteroatoms. The van der Waals surface area contributed by atoms with Gasteiger partial charge in [0.2, 0.25) is 0 Å². The van der Waals surface area contributed by atoms with Gasteiger partial charge in [-0.3, -0.25) is 4.79 Å². The second-order valence-electron chi connectivity index (χ2n) is 5.27. The van der Waals surface area contributed by atoms with Gasteiger partial charge in [-0.15, -0.1) is 0 Å². The van der Waals surface area contributed by atoms with Crippen LogP contribution in [0.15, 0.2) is 47.5 Å². The van der Waals surface area contributed by atoms with Crippen LogP contribution < -0.4 is 9.54 Å². The highest BCUT2D eigenvalue weighted by Gasteiger charge is 2.08. The molecule has 1 heterocycles. The van der Waals surface area contributed by atoms with E-state index in [1.807, 2.05) is 35.8 Å². The molecule has 2 aromatic carbocycles. The zero-order chi connectivity index (χ0) is 17.1. The molecule has 0 fully saturated rings. The van der Waals surface area contributed by atoms with E-state index in [2.05, 4.69) is 4.99 Å². The van der Waals surface area contributed by atoms with Gasteiger partial charge in [0.15, 0.2) is 4.80 Å². The summed E-state index contributed by atoms with van der Waals surface area (Å²) in [4.78, 5) is 17.1. The van der Waals surface area contributed by atoms with Crippen molar-refractivity contribution in [1.29, 1.82) is 0 Å². The minimum atomic E-state index is -0.290. The van der Waals surface area contributed by atoms with Crippen molar-refractivity contribution in [2.75, 3.05) is 7.11 Å². The number of fused-ring (bicyclic) bond motifs is 1. The summed E-state index contributed by atoms with van der Waals surface area (Å²) in [6.45, 7) is 2.64. The van der Waals surface area contributed by atoms with Crippen LogP contribution in [0.2, 0.25) is 0 Å². The first-order valence-electron chi connectivity index (χ1n) is 7.60. The van der Waals surface area contributed by atoms with Gasteiger partial charge in [0.1, 0.15) is 11.6 Å². The molecule has 0 radical (unpaired) electrons. The molecule has 4 nitrogen and oxygen atoms in total. The van der Waals surface area contributed by atoms with Gasteiger partial charge < -0.3 is 9.30 Å². The lowest BCUT2D eigenvalue weighted by atomic mass is 10.1. The molecule has 0 N–H and O–H groups in total. The number of carbonyl (C=O) groups excluding carboxylic acids is 1. The lowest BCUT2D eigenvalue weighted by Crippen LogP contribution is -2.16. The van der Waals surface area contributed by atoms with Crippen molar-refractivity contribution in [2.45, 2.75) is 19.9 Å². The average Bonchev–Trinajstić information content (AvgIpc) is 2.90. The standard InChI is InChI=1S/C18H17FN2O2S/c1-3-21-15-8-7-13(19)11-16(15)24-18(21)20-17(22)10-12-5-4-6-14(9-12)23-2/h4-9,11H,3,10H2,1-2H3. The van der Waals surface area contributed by atoms with Gasteiger partial charge in [0, 0.05) is 6.54 Å². The first kappa shape index (κ1) is 16.4. The van der Waals surface area contributed by atoms with Crippen molar-refractivity contribution >= 4 is 27.5 Å². The highest BCUT2D eigenvalue weighted by atomic mass is 32.1. The monoisotopic (exact) mass is 344 g/mol. The van der Waals surface area contributed by atoms with E-state index >= 15 is 0 Å². The number of halogens is 1. The van der Waals surface area contributed by atoms with Gasteiger partial charge in [0.25, 0.3) is 5.91 Å². The van der Waals surface area contributed by atoms with E-state index in [1.54, 1.807) is 13.2 Å². The maximum atomic E-state index is 13.4. The largest absolute Gasteiger partial charge is 0.497 e. The third kappa shape index (κ3) is 3.38. The number of hydrogen-bond donors (Lipinski definition) is 0. The maximum absolute atomic E-state index is 13.4. The highest BCUT2D eigenvalue weighted by molar-refractivity contribution is 7.16. The Morgan fingerprint density at radius 1 is 1.29 bits per heavy atom. The lowest BCUT2D eigenvalue weighted by molar-refractivity contribution is -0.117. The summed E-state index contributed by atoms with van der Waals surface area (Å²) >= 11 is 1.32. The number of ether oxygens (including phenoxy) is 1. The summed E-state index contributed by atoms with van der Waals surface area (Å²) in [7, 11) is 1.59. The number of methoxy groups -OCH3 is 1. The molecule has 24 heavy (non-hydrogen) atoms. The zero-order valence-electron chi connectivity index (χ0n) is 13.5. The number of carbonyl (C=O) groups is 1. The number of aryl methyl sites for hydroxylation is 1. The summed E-state index contributed by atoms with van der Waals surface area (Å²) in [6.07, 6.45) is 0.198. The number of aromatic nitrogens is 1. The van der Waals surface area contributed by atoms with Crippen molar-refractivity contribution in [3.63, 3.8) is 0 Å². The number of thiazole rings is 1. The Kier molecular flexibility index (Phi) is 4.76. The topological polar surface area (TPSA) is 43.6 Å². The fourth-order valence-electron chi connectivity index (χ4n) is 2.54. The summed E-state index contributed by atoms with van der Waals surface area (Å²) in [6, 6.07) is 12.0. The first-order valence-corrected chi connectivity index (χ1v) is 8.41. The normalized spacial score (nSPS) is 11.9. The Labute approximate surface area is 142 Å². The number of rotatable bonds is 4. The molecule has 0 aliphatic heterocycles. The van der Waals surface area contributed by atoms with E-state index in [4.69, 9.17) is 4.74 Å². The zero-order valence-corrected chi connectivity index (χ0v) is 14.3. The van der Waals surface area contributed by atoms with Gasteiger partial charge in [-0.2, -0.15) is 4.99 Å². The molecule has 0 spiro atoms. The van der Waals surface area contributed by atoms with Crippen molar-refractivity contribution in [2.24, 2.45) is 4.99 Å². The van der Waals surface area contributed by atoms with E-state index in [-0.39, 0.29) is 18.1 Å². The summed E-state index contributed by atoms with van der Waals surface area (Å²) in [5.41, 5.74) is 1.73. The molecule has 3 rings (SSSR count). The van der Waals surface area contributed by atoms with Crippen molar-refractivity contribution < 1.29 is 13.9 Å². The van der Waals surface area contributed by atoms with Crippen LogP contribution in [-0.4, -0.2) is 17.6 Å². The van der Waals surface area contributed by atoms with Crippen LogP contribution in [-0.2, 0) is 17.8 Å². The number of amides is 1. The van der Waals surface area contributed by atoms with Crippen LogP contribution >= 0.6 is 11.3 Å². The summed E-state index contributed by atoms with van der Waals surface area (Å²) in [5, 5.41) is 0. The van der Waals surface area contributed by atoms with Crippen molar-refractivity contribution in [1.82, 2.24) is 4.57 Å². The molecule has 0 aliphatic carbocycles. The Morgan fingerprint density at radius 2 is 2.12 bits per heavy atom. The predicted molar refractivity (Wildman–Crippen MR) is 92.7 cm³/mol. The SMILES string of the molecule is CCn1c(=NC(=O)Cc2cccc(OC)c2)sc2cc(F)ccc21. The van der Waals surface area contributed by atoms with Crippen LogP contribution in [0.1, 0.15) is 12.5 Å². The molecular weight excluding hydrogens is 327 g/mol. The quantitative estimate of drug-likeness (QED) is 0.726. The van der Waals surface area contributed by atoms with Gasteiger partial charge in [-0.05, 0) is 42.8 Å². The summed E-state index contributed by atoms with van der Waals surface area (Å²) < 4.78 is 21.3. The molecule has 0 unspecified atom stereocenters. The third-order valence-electron chi connectivity index (χ3n) is 3.67. The smallest absolute Gasteiger partial charge is 0.252 e. The predicted octanol–water partition coefficient (Wildman–Crippen LogP) is 3.54. The molecule has 124 valence electrons. The van der Waals surface area contributed by atoms with Crippen LogP contribution in [0.25, 0.3) is 10.2 Å². The number of hydrogen-bond acceptors (Lipinski definition) is 3. The second kappa shape index (κ2) is 6.97. The molecule has 1 aromatic heterocycles. The molecular formula is C18H17FN2O2S. The maximum Gasteiger partial charge on any atom is 0.252 e. The van der Waals surface area contributed by atoms with Crippen molar-refractivity contribution in [3.8, 4) is 5.75 Å². The Bertz CT molecular complexity index is 959. The highest BCUT2D eigenvalue weighted by Crippen LogP contribution is 2.19. The Hall–Kier alpha value is -2.47.